The molecule has 2 aromatic rings. The van der Waals surface area contributed by atoms with Gasteiger partial charge in [0.1, 0.15) is 0 Å². The maximum Gasteiger partial charge on any atom is 0.206 e. The summed E-state index contributed by atoms with van der Waals surface area (Å²) in [6, 6.07) is 14.5. The van der Waals surface area contributed by atoms with Crippen molar-refractivity contribution in [1.29, 1.82) is 0 Å². The SMILES string of the molecule is Cl.Nc1ccc(S(=O)(=O)c2ccccc2)cc1. The third kappa shape index (κ3) is 2.78. The molecule has 5 heteroatoms. The summed E-state index contributed by atoms with van der Waals surface area (Å²) >= 11 is 0. The molecule has 2 aromatic carbocycles. The molecule has 3 nitrogen and oxygen atoms in total. The van der Waals surface area contributed by atoms with Gasteiger partial charge in [0.15, 0.2) is 0 Å². The van der Waals surface area contributed by atoms with Crippen molar-refractivity contribution < 1.29 is 8.42 Å². The molecular weight excluding hydrogens is 258 g/mol. The van der Waals surface area contributed by atoms with Crippen LogP contribution in [0.2, 0.25) is 0 Å². The van der Waals surface area contributed by atoms with Crippen molar-refractivity contribution in [1.82, 2.24) is 0 Å². The van der Waals surface area contributed by atoms with E-state index in [1.54, 1.807) is 42.5 Å². The smallest absolute Gasteiger partial charge is 0.206 e. The van der Waals surface area contributed by atoms with Gasteiger partial charge in [-0.3, -0.25) is 0 Å². The van der Waals surface area contributed by atoms with Crippen LogP contribution in [0.1, 0.15) is 0 Å². The lowest BCUT2D eigenvalue weighted by atomic mass is 10.3. The molecule has 0 aliphatic carbocycles. The van der Waals surface area contributed by atoms with Gasteiger partial charge in [0.2, 0.25) is 9.84 Å². The van der Waals surface area contributed by atoms with Crippen LogP contribution in [0.5, 0.6) is 0 Å². The molecule has 0 saturated heterocycles. The van der Waals surface area contributed by atoms with Crippen molar-refractivity contribution in [2.45, 2.75) is 9.79 Å². The molecular formula is C12H12ClNO2S. The number of nitrogens with two attached hydrogens (primary N) is 1. The zero-order chi connectivity index (χ0) is 11.6. The highest BCUT2D eigenvalue weighted by Gasteiger charge is 2.16. The van der Waals surface area contributed by atoms with Gasteiger partial charge in [-0.2, -0.15) is 0 Å². The Kier molecular flexibility index (Phi) is 4.15. The summed E-state index contributed by atoms with van der Waals surface area (Å²) in [6.07, 6.45) is 0. The number of rotatable bonds is 2. The molecule has 0 atom stereocenters. The van der Waals surface area contributed by atoms with E-state index in [4.69, 9.17) is 5.73 Å². The Morgan fingerprint density at radius 3 is 1.76 bits per heavy atom. The van der Waals surface area contributed by atoms with E-state index < -0.39 is 9.84 Å². The van der Waals surface area contributed by atoms with E-state index in [1.807, 2.05) is 0 Å². The van der Waals surface area contributed by atoms with Crippen molar-refractivity contribution in [2.75, 3.05) is 5.73 Å². The maximum atomic E-state index is 12.1. The van der Waals surface area contributed by atoms with Crippen LogP contribution < -0.4 is 5.73 Å². The fourth-order valence-electron chi connectivity index (χ4n) is 1.38. The van der Waals surface area contributed by atoms with Gasteiger partial charge in [0, 0.05) is 5.69 Å². The van der Waals surface area contributed by atoms with E-state index in [2.05, 4.69) is 0 Å². The number of anilines is 1. The molecule has 2 N–H and O–H groups in total. The van der Waals surface area contributed by atoms with Crippen molar-refractivity contribution in [3.05, 3.63) is 54.6 Å². The van der Waals surface area contributed by atoms with Crippen LogP contribution in [-0.2, 0) is 9.84 Å². The van der Waals surface area contributed by atoms with Gasteiger partial charge in [0.25, 0.3) is 0 Å². The third-order valence-electron chi connectivity index (χ3n) is 2.24. The van der Waals surface area contributed by atoms with Crippen LogP contribution in [0.3, 0.4) is 0 Å². The molecule has 0 saturated carbocycles. The Labute approximate surface area is 107 Å². The summed E-state index contributed by atoms with van der Waals surface area (Å²) in [7, 11) is -3.41. The Morgan fingerprint density at radius 2 is 1.24 bits per heavy atom. The van der Waals surface area contributed by atoms with E-state index in [1.165, 1.54) is 12.1 Å². The number of hydrogen-bond acceptors (Lipinski definition) is 3. The molecule has 0 aromatic heterocycles. The van der Waals surface area contributed by atoms with Crippen LogP contribution in [0, 0.1) is 0 Å². The molecule has 0 fully saturated rings. The first-order chi connectivity index (χ1) is 7.60. The molecule has 0 amide bonds. The van der Waals surface area contributed by atoms with Crippen molar-refractivity contribution in [3.63, 3.8) is 0 Å². The molecule has 0 unspecified atom stereocenters. The fourth-order valence-corrected chi connectivity index (χ4v) is 2.66. The summed E-state index contributed by atoms with van der Waals surface area (Å²) in [4.78, 5) is 0.549. The minimum absolute atomic E-state index is 0. The topological polar surface area (TPSA) is 60.2 Å². The normalized spacial score (nSPS) is 10.6. The Bertz CT molecular complexity index is 580. The van der Waals surface area contributed by atoms with Gasteiger partial charge in [-0.25, -0.2) is 8.42 Å². The van der Waals surface area contributed by atoms with E-state index in [9.17, 15) is 8.42 Å². The van der Waals surface area contributed by atoms with Crippen molar-refractivity contribution >= 4 is 27.9 Å². The van der Waals surface area contributed by atoms with Crippen LogP contribution in [0.25, 0.3) is 0 Å². The van der Waals surface area contributed by atoms with Gasteiger partial charge in [-0.05, 0) is 36.4 Å². The second kappa shape index (κ2) is 5.21. The molecule has 0 heterocycles. The van der Waals surface area contributed by atoms with Crippen LogP contribution in [-0.4, -0.2) is 8.42 Å². The van der Waals surface area contributed by atoms with E-state index >= 15 is 0 Å². The minimum Gasteiger partial charge on any atom is -0.399 e. The van der Waals surface area contributed by atoms with Crippen molar-refractivity contribution in [2.24, 2.45) is 0 Å². The average molecular weight is 270 g/mol. The van der Waals surface area contributed by atoms with E-state index in [0.717, 1.165) is 0 Å². The van der Waals surface area contributed by atoms with Gasteiger partial charge < -0.3 is 5.73 Å². The molecule has 0 spiro atoms. The first kappa shape index (κ1) is 13.5. The summed E-state index contributed by atoms with van der Waals surface area (Å²) < 4.78 is 24.2. The van der Waals surface area contributed by atoms with Gasteiger partial charge in [-0.1, -0.05) is 18.2 Å². The Hall–Kier alpha value is -1.52. The third-order valence-corrected chi connectivity index (χ3v) is 4.03. The average Bonchev–Trinajstić information content (AvgIpc) is 2.31. The Morgan fingerprint density at radius 1 is 0.765 bits per heavy atom. The highest BCUT2D eigenvalue weighted by molar-refractivity contribution is 7.91. The number of hydrogen-bond donors (Lipinski definition) is 1. The van der Waals surface area contributed by atoms with Gasteiger partial charge in [-0.15, -0.1) is 12.4 Å². The lowest BCUT2D eigenvalue weighted by molar-refractivity contribution is 0.596. The lowest BCUT2D eigenvalue weighted by Crippen LogP contribution is -2.01. The molecule has 0 aliphatic heterocycles. The minimum atomic E-state index is -3.41. The molecule has 0 bridgehead atoms. The summed E-state index contributed by atoms with van der Waals surface area (Å²) in [5.41, 5.74) is 6.06. The predicted octanol–water partition coefficient (Wildman–Crippen LogP) is 2.52. The summed E-state index contributed by atoms with van der Waals surface area (Å²) in [6.45, 7) is 0. The number of benzene rings is 2. The summed E-state index contributed by atoms with van der Waals surface area (Å²) in [5, 5.41) is 0. The quantitative estimate of drug-likeness (QED) is 0.852. The van der Waals surface area contributed by atoms with Crippen molar-refractivity contribution in [3.8, 4) is 0 Å². The number of sulfone groups is 1. The highest BCUT2D eigenvalue weighted by atomic mass is 35.5. The number of nitrogen functional groups attached to an aromatic ring is 1. The van der Waals surface area contributed by atoms with Crippen LogP contribution >= 0.6 is 12.4 Å². The molecule has 0 aliphatic rings. The second-order valence-electron chi connectivity index (χ2n) is 3.39. The monoisotopic (exact) mass is 269 g/mol. The predicted molar refractivity (Wildman–Crippen MR) is 70.0 cm³/mol. The standard InChI is InChI=1S/C12H11NO2S.ClH/c13-10-6-8-12(9-7-10)16(14,15)11-4-2-1-3-5-11;/h1-9H,13H2;1H. The van der Waals surface area contributed by atoms with Gasteiger partial charge in [0.05, 0.1) is 9.79 Å². The molecule has 17 heavy (non-hydrogen) atoms. The highest BCUT2D eigenvalue weighted by Crippen LogP contribution is 2.20. The Balaban J connectivity index is 0.00000144. The van der Waals surface area contributed by atoms with E-state index in [0.29, 0.717) is 10.6 Å². The van der Waals surface area contributed by atoms with Crippen LogP contribution in [0.15, 0.2) is 64.4 Å². The molecule has 2 rings (SSSR count). The first-order valence-electron chi connectivity index (χ1n) is 4.76. The fraction of sp³-hybridized carbons (Fsp3) is 0. The second-order valence-corrected chi connectivity index (χ2v) is 5.34. The zero-order valence-corrected chi connectivity index (χ0v) is 10.5. The largest absolute Gasteiger partial charge is 0.399 e. The van der Waals surface area contributed by atoms with Gasteiger partial charge >= 0.3 is 0 Å². The molecule has 90 valence electrons. The van der Waals surface area contributed by atoms with E-state index in [-0.39, 0.29) is 17.3 Å². The maximum absolute atomic E-state index is 12.1. The number of halogens is 1. The summed E-state index contributed by atoms with van der Waals surface area (Å²) in [5.74, 6) is 0. The zero-order valence-electron chi connectivity index (χ0n) is 8.91. The first-order valence-corrected chi connectivity index (χ1v) is 6.25. The van der Waals surface area contributed by atoms with Crippen LogP contribution in [0.4, 0.5) is 5.69 Å². The lowest BCUT2D eigenvalue weighted by Gasteiger charge is -2.04. The molecule has 0 radical (unpaired) electrons.